The van der Waals surface area contributed by atoms with E-state index in [1.807, 2.05) is 28.9 Å². The van der Waals surface area contributed by atoms with E-state index in [1.54, 1.807) is 0 Å². The molecule has 2 N–H and O–H groups in total. The van der Waals surface area contributed by atoms with Crippen molar-refractivity contribution in [3.8, 4) is 0 Å². The molecule has 1 aliphatic heterocycles. The van der Waals surface area contributed by atoms with Gasteiger partial charge in [0.15, 0.2) is 11.0 Å². The largest absolute Gasteiger partial charge is 0.375 e. The summed E-state index contributed by atoms with van der Waals surface area (Å²) in [5.41, 5.74) is 6.66. The zero-order valence-electron chi connectivity index (χ0n) is 10.9. The smallest absolute Gasteiger partial charge is 0.226 e. The Balaban J connectivity index is 1.49. The van der Waals surface area contributed by atoms with E-state index < -0.39 is 0 Å². The van der Waals surface area contributed by atoms with E-state index in [2.05, 4.69) is 15.1 Å². The summed E-state index contributed by atoms with van der Waals surface area (Å²) in [5.74, 6) is 5.07. The normalized spacial score (nSPS) is 19.3. The van der Waals surface area contributed by atoms with E-state index in [4.69, 9.17) is 10.3 Å². The summed E-state index contributed by atoms with van der Waals surface area (Å²) in [4.78, 5) is 8.76. The first kappa shape index (κ1) is 14.2. The predicted molar refractivity (Wildman–Crippen MR) is 85.4 cm³/mol. The SMILES string of the molecule is Nc1nc(CCCc2nc(C3CSCCS3)no2)cs1. The van der Waals surface area contributed by atoms with Gasteiger partial charge in [-0.2, -0.15) is 16.7 Å². The number of aryl methyl sites for hydroxylation is 2. The van der Waals surface area contributed by atoms with Crippen LogP contribution in [0.1, 0.15) is 29.1 Å². The maximum Gasteiger partial charge on any atom is 0.226 e. The Bertz CT molecular complexity index is 550. The van der Waals surface area contributed by atoms with E-state index >= 15 is 0 Å². The molecule has 5 nitrogen and oxygen atoms in total. The number of nitrogens with two attached hydrogens (primary N) is 1. The standard InChI is InChI=1S/C12H16N4OS3/c13-12-14-8(6-20-12)2-1-3-10-15-11(16-17-10)9-7-18-4-5-19-9/h6,9H,1-5,7H2,(H2,13,14). The Labute approximate surface area is 130 Å². The molecule has 20 heavy (non-hydrogen) atoms. The number of nitrogen functional groups attached to an aromatic ring is 1. The lowest BCUT2D eigenvalue weighted by molar-refractivity contribution is 0.370. The molecule has 0 saturated carbocycles. The topological polar surface area (TPSA) is 77.8 Å². The highest BCUT2D eigenvalue weighted by atomic mass is 32.2. The molecule has 8 heteroatoms. The number of thiazole rings is 1. The third-order valence-electron chi connectivity index (χ3n) is 2.98. The van der Waals surface area contributed by atoms with Crippen LogP contribution in [0.25, 0.3) is 0 Å². The minimum atomic E-state index is 0.393. The van der Waals surface area contributed by atoms with Gasteiger partial charge in [-0.3, -0.25) is 0 Å². The Morgan fingerprint density at radius 3 is 3.00 bits per heavy atom. The number of hydrogen-bond donors (Lipinski definition) is 1. The Morgan fingerprint density at radius 1 is 1.30 bits per heavy atom. The van der Waals surface area contributed by atoms with Gasteiger partial charge in [-0.1, -0.05) is 5.16 Å². The Hall–Kier alpha value is -0.730. The number of aromatic nitrogens is 3. The van der Waals surface area contributed by atoms with E-state index in [-0.39, 0.29) is 0 Å². The third kappa shape index (κ3) is 3.67. The molecule has 0 spiro atoms. The quantitative estimate of drug-likeness (QED) is 0.904. The molecule has 2 aromatic rings. The molecule has 0 aliphatic carbocycles. The molecule has 1 unspecified atom stereocenters. The lowest BCUT2D eigenvalue weighted by Crippen LogP contribution is -2.08. The Morgan fingerprint density at radius 2 is 2.25 bits per heavy atom. The number of thioether (sulfide) groups is 2. The lowest BCUT2D eigenvalue weighted by Gasteiger charge is -2.16. The van der Waals surface area contributed by atoms with Crippen LogP contribution in [0.15, 0.2) is 9.90 Å². The summed E-state index contributed by atoms with van der Waals surface area (Å²) in [6.45, 7) is 0. The lowest BCUT2D eigenvalue weighted by atomic mass is 10.2. The molecule has 1 atom stereocenters. The highest BCUT2D eigenvalue weighted by molar-refractivity contribution is 8.06. The molecule has 0 radical (unpaired) electrons. The van der Waals surface area contributed by atoms with Crippen LogP contribution < -0.4 is 5.73 Å². The van der Waals surface area contributed by atoms with Crippen LogP contribution in [0.5, 0.6) is 0 Å². The minimum absolute atomic E-state index is 0.393. The van der Waals surface area contributed by atoms with Crippen molar-refractivity contribution >= 4 is 40.0 Å². The molecule has 1 saturated heterocycles. The number of anilines is 1. The van der Waals surface area contributed by atoms with Crippen LogP contribution in [0.3, 0.4) is 0 Å². The second-order valence-corrected chi connectivity index (χ2v) is 7.86. The molecule has 3 rings (SSSR count). The maximum absolute atomic E-state index is 5.61. The van der Waals surface area contributed by atoms with Crippen LogP contribution in [-0.4, -0.2) is 32.4 Å². The fraction of sp³-hybridized carbons (Fsp3) is 0.583. The van der Waals surface area contributed by atoms with Crippen LogP contribution in [0.2, 0.25) is 0 Å². The second-order valence-electron chi connectivity index (χ2n) is 4.51. The summed E-state index contributed by atoms with van der Waals surface area (Å²) >= 11 is 5.37. The van der Waals surface area contributed by atoms with Crippen LogP contribution in [0, 0.1) is 0 Å². The maximum atomic E-state index is 5.61. The molecule has 1 fully saturated rings. The molecule has 0 aromatic carbocycles. The van der Waals surface area contributed by atoms with Gasteiger partial charge >= 0.3 is 0 Å². The van der Waals surface area contributed by atoms with Crippen molar-refractivity contribution in [1.82, 2.24) is 15.1 Å². The second kappa shape index (κ2) is 6.82. The summed E-state index contributed by atoms with van der Waals surface area (Å²) in [6, 6.07) is 0. The fourth-order valence-corrected chi connectivity index (χ4v) is 5.18. The fourth-order valence-electron chi connectivity index (χ4n) is 2.00. The van der Waals surface area contributed by atoms with Crippen LogP contribution in [-0.2, 0) is 12.8 Å². The molecule has 0 amide bonds. The van der Waals surface area contributed by atoms with E-state index in [1.165, 1.54) is 22.8 Å². The molecule has 0 bridgehead atoms. The highest BCUT2D eigenvalue weighted by Gasteiger charge is 2.21. The van der Waals surface area contributed by atoms with Gasteiger partial charge in [0.25, 0.3) is 0 Å². The average Bonchev–Trinajstić information content (AvgIpc) is 3.09. The van der Waals surface area contributed by atoms with Crippen molar-refractivity contribution in [1.29, 1.82) is 0 Å². The van der Waals surface area contributed by atoms with Crippen molar-refractivity contribution in [2.24, 2.45) is 0 Å². The van der Waals surface area contributed by atoms with Crippen molar-refractivity contribution in [2.45, 2.75) is 24.5 Å². The molecule has 1 aliphatic rings. The van der Waals surface area contributed by atoms with Gasteiger partial charge in [-0.05, 0) is 12.8 Å². The van der Waals surface area contributed by atoms with Gasteiger partial charge < -0.3 is 10.3 Å². The van der Waals surface area contributed by atoms with Gasteiger partial charge in [0.1, 0.15) is 0 Å². The predicted octanol–water partition coefficient (Wildman–Crippen LogP) is 2.80. The van der Waals surface area contributed by atoms with E-state index in [0.29, 0.717) is 10.4 Å². The van der Waals surface area contributed by atoms with Crippen LogP contribution >= 0.6 is 34.9 Å². The summed E-state index contributed by atoms with van der Waals surface area (Å²) < 4.78 is 5.33. The van der Waals surface area contributed by atoms with Gasteiger partial charge in [0.05, 0.1) is 10.9 Å². The summed E-state index contributed by atoms with van der Waals surface area (Å²) in [7, 11) is 0. The van der Waals surface area contributed by atoms with Crippen molar-refractivity contribution in [2.75, 3.05) is 23.0 Å². The molecular formula is C12H16N4OS3. The van der Waals surface area contributed by atoms with E-state index in [0.717, 1.165) is 42.4 Å². The Kier molecular flexibility index (Phi) is 4.85. The highest BCUT2D eigenvalue weighted by Crippen LogP contribution is 2.35. The van der Waals surface area contributed by atoms with Gasteiger partial charge in [-0.15, -0.1) is 23.1 Å². The molecular weight excluding hydrogens is 312 g/mol. The zero-order valence-corrected chi connectivity index (χ0v) is 13.4. The first-order chi connectivity index (χ1) is 9.81. The number of nitrogens with zero attached hydrogens (tertiary/aromatic N) is 3. The van der Waals surface area contributed by atoms with Gasteiger partial charge in [0, 0.05) is 29.1 Å². The minimum Gasteiger partial charge on any atom is -0.375 e. The molecule has 2 aromatic heterocycles. The zero-order chi connectivity index (χ0) is 13.8. The third-order valence-corrected chi connectivity index (χ3v) is 6.45. The number of hydrogen-bond acceptors (Lipinski definition) is 8. The van der Waals surface area contributed by atoms with Crippen LogP contribution in [0.4, 0.5) is 5.13 Å². The first-order valence-electron chi connectivity index (χ1n) is 6.53. The molecule has 108 valence electrons. The number of rotatable bonds is 5. The van der Waals surface area contributed by atoms with Gasteiger partial charge in [0.2, 0.25) is 5.89 Å². The van der Waals surface area contributed by atoms with Crippen molar-refractivity contribution < 1.29 is 4.52 Å². The summed E-state index contributed by atoms with van der Waals surface area (Å²) in [5, 5.41) is 7.14. The summed E-state index contributed by atoms with van der Waals surface area (Å²) in [6.07, 6.45) is 2.66. The average molecular weight is 328 g/mol. The van der Waals surface area contributed by atoms with E-state index in [9.17, 15) is 0 Å². The van der Waals surface area contributed by atoms with Gasteiger partial charge in [-0.25, -0.2) is 4.98 Å². The molecule has 3 heterocycles. The van der Waals surface area contributed by atoms with Crippen molar-refractivity contribution in [3.05, 3.63) is 22.8 Å². The first-order valence-corrected chi connectivity index (χ1v) is 9.61. The monoisotopic (exact) mass is 328 g/mol. The van der Waals surface area contributed by atoms with Crippen molar-refractivity contribution in [3.63, 3.8) is 0 Å².